The lowest BCUT2D eigenvalue weighted by Gasteiger charge is -2.30. The number of nitrogens with one attached hydrogen (secondary N) is 1. The van der Waals surface area contributed by atoms with E-state index in [4.69, 9.17) is 4.74 Å². The van der Waals surface area contributed by atoms with E-state index in [1.807, 2.05) is 0 Å². The van der Waals surface area contributed by atoms with E-state index in [-0.39, 0.29) is 23.4 Å². The van der Waals surface area contributed by atoms with E-state index < -0.39 is 16.8 Å². The van der Waals surface area contributed by atoms with Crippen LogP contribution in [-0.2, 0) is 4.74 Å². The highest BCUT2D eigenvalue weighted by Gasteiger charge is 2.19. The Labute approximate surface area is 165 Å². The number of rotatable bonds is 9. The first-order valence-electron chi connectivity index (χ1n) is 9.88. The van der Waals surface area contributed by atoms with E-state index in [0.717, 1.165) is 44.5 Å². The first-order chi connectivity index (χ1) is 13.4. The van der Waals surface area contributed by atoms with Crippen LogP contribution in [0.1, 0.15) is 60.2 Å². The summed E-state index contributed by atoms with van der Waals surface area (Å²) in [4.78, 5) is 37.2. The van der Waals surface area contributed by atoms with Gasteiger partial charge in [-0.3, -0.25) is 14.9 Å². The predicted octanol–water partition coefficient (Wildman–Crippen LogP) is 3.01. The number of nitrogens with zero attached hydrogens (tertiary/aromatic N) is 2. The number of likely N-dealkylation sites (tertiary alicyclic amines) is 1. The van der Waals surface area contributed by atoms with Crippen molar-refractivity contribution in [1.82, 2.24) is 10.2 Å². The minimum atomic E-state index is -0.684. The van der Waals surface area contributed by atoms with Gasteiger partial charge in [-0.15, -0.1) is 0 Å². The minimum absolute atomic E-state index is 0.000387. The number of non-ortho nitro benzene ring substituents is 1. The number of ether oxygens (including phenoxy) is 1. The van der Waals surface area contributed by atoms with E-state index in [0.29, 0.717) is 6.54 Å². The standard InChI is InChI=1S/C20H29N3O5/c1-3-28-20(25)17-11-16(12-18(13-17)23(26)27)19(24)21-8-4-5-9-22-10-6-7-15(2)14-22/h11-13,15H,3-10,14H2,1-2H3,(H,21,24). The molecule has 0 aromatic heterocycles. The second-order valence-electron chi connectivity index (χ2n) is 7.26. The molecule has 1 aliphatic heterocycles. The third-order valence-electron chi connectivity index (χ3n) is 4.83. The molecule has 154 valence electrons. The number of esters is 1. The highest BCUT2D eigenvalue weighted by Crippen LogP contribution is 2.19. The third-order valence-corrected chi connectivity index (χ3v) is 4.83. The number of amides is 1. The van der Waals surface area contributed by atoms with Gasteiger partial charge in [0.15, 0.2) is 0 Å². The summed E-state index contributed by atoms with van der Waals surface area (Å²) in [5, 5.41) is 13.9. The Balaban J connectivity index is 1.86. The highest BCUT2D eigenvalue weighted by molar-refractivity contribution is 5.98. The molecule has 2 rings (SSSR count). The molecule has 1 unspecified atom stereocenters. The monoisotopic (exact) mass is 391 g/mol. The summed E-state index contributed by atoms with van der Waals surface area (Å²) in [5.74, 6) is -0.368. The Morgan fingerprint density at radius 2 is 2.04 bits per heavy atom. The fourth-order valence-corrected chi connectivity index (χ4v) is 3.43. The number of nitro benzene ring substituents is 1. The van der Waals surface area contributed by atoms with Crippen molar-refractivity contribution in [1.29, 1.82) is 0 Å². The molecule has 1 N–H and O–H groups in total. The van der Waals surface area contributed by atoms with Crippen molar-refractivity contribution in [2.75, 3.05) is 32.8 Å². The highest BCUT2D eigenvalue weighted by atomic mass is 16.6. The Hall–Kier alpha value is -2.48. The number of hydrogen-bond donors (Lipinski definition) is 1. The van der Waals surface area contributed by atoms with Crippen LogP contribution in [0.15, 0.2) is 18.2 Å². The molecule has 1 fully saturated rings. The van der Waals surface area contributed by atoms with Crippen LogP contribution in [-0.4, -0.2) is 54.5 Å². The average molecular weight is 391 g/mol. The fraction of sp³-hybridized carbons (Fsp3) is 0.600. The lowest BCUT2D eigenvalue weighted by atomic mass is 10.0. The summed E-state index contributed by atoms with van der Waals surface area (Å²) in [6.45, 7) is 7.85. The first-order valence-corrected chi connectivity index (χ1v) is 9.88. The smallest absolute Gasteiger partial charge is 0.338 e. The van der Waals surface area contributed by atoms with Crippen LogP contribution in [0.5, 0.6) is 0 Å². The van der Waals surface area contributed by atoms with Crippen molar-refractivity contribution in [3.8, 4) is 0 Å². The Bertz CT molecular complexity index is 707. The van der Waals surface area contributed by atoms with Crippen molar-refractivity contribution < 1.29 is 19.2 Å². The van der Waals surface area contributed by atoms with Gasteiger partial charge >= 0.3 is 5.97 Å². The molecule has 0 radical (unpaired) electrons. The molecule has 0 bridgehead atoms. The van der Waals surface area contributed by atoms with Crippen molar-refractivity contribution in [3.63, 3.8) is 0 Å². The van der Waals surface area contributed by atoms with Crippen LogP contribution in [0.25, 0.3) is 0 Å². The van der Waals surface area contributed by atoms with Crippen LogP contribution < -0.4 is 5.32 Å². The molecule has 1 aromatic rings. The van der Waals surface area contributed by atoms with E-state index in [1.54, 1.807) is 6.92 Å². The summed E-state index contributed by atoms with van der Waals surface area (Å²) < 4.78 is 4.88. The number of unbranched alkanes of at least 4 members (excludes halogenated alkanes) is 1. The number of carbonyl (C=O) groups is 2. The van der Waals surface area contributed by atoms with Gasteiger partial charge < -0.3 is 15.0 Å². The third kappa shape index (κ3) is 6.60. The van der Waals surface area contributed by atoms with Crippen LogP contribution >= 0.6 is 0 Å². The maximum absolute atomic E-state index is 12.4. The van der Waals surface area contributed by atoms with Gasteiger partial charge in [0.05, 0.1) is 17.1 Å². The number of carbonyl (C=O) groups excluding carboxylic acids is 2. The van der Waals surface area contributed by atoms with Crippen molar-refractivity contribution >= 4 is 17.6 Å². The summed E-state index contributed by atoms with van der Waals surface area (Å²) in [5.41, 5.74) is -0.225. The van der Waals surface area contributed by atoms with Crippen molar-refractivity contribution in [2.45, 2.75) is 39.5 Å². The quantitative estimate of drug-likeness (QED) is 0.300. The zero-order valence-electron chi connectivity index (χ0n) is 16.6. The molecule has 1 heterocycles. The van der Waals surface area contributed by atoms with Crippen LogP contribution in [0.4, 0.5) is 5.69 Å². The number of hydrogen-bond acceptors (Lipinski definition) is 6. The zero-order valence-corrected chi connectivity index (χ0v) is 16.6. The second-order valence-corrected chi connectivity index (χ2v) is 7.26. The van der Waals surface area contributed by atoms with Crippen LogP contribution in [0.2, 0.25) is 0 Å². The van der Waals surface area contributed by atoms with Crippen LogP contribution in [0.3, 0.4) is 0 Å². The van der Waals surface area contributed by atoms with E-state index in [9.17, 15) is 19.7 Å². The summed E-state index contributed by atoms with van der Waals surface area (Å²) in [6.07, 6.45) is 4.35. The van der Waals surface area contributed by atoms with Crippen LogP contribution in [0, 0.1) is 16.0 Å². The molecule has 1 saturated heterocycles. The number of nitro groups is 1. The summed E-state index contributed by atoms with van der Waals surface area (Å²) in [6, 6.07) is 3.62. The molecule has 8 heteroatoms. The van der Waals surface area contributed by atoms with Gasteiger partial charge in [-0.05, 0) is 57.7 Å². The molecule has 8 nitrogen and oxygen atoms in total. The fourth-order valence-electron chi connectivity index (χ4n) is 3.43. The lowest BCUT2D eigenvalue weighted by molar-refractivity contribution is -0.384. The molecule has 28 heavy (non-hydrogen) atoms. The maximum Gasteiger partial charge on any atom is 0.338 e. The van der Waals surface area contributed by atoms with E-state index in [2.05, 4.69) is 17.1 Å². The van der Waals surface area contributed by atoms with Gasteiger partial charge in [-0.25, -0.2) is 4.79 Å². The molecular weight excluding hydrogens is 362 g/mol. The van der Waals surface area contributed by atoms with Crippen molar-refractivity contribution in [2.24, 2.45) is 5.92 Å². The van der Waals surface area contributed by atoms with Crippen molar-refractivity contribution in [3.05, 3.63) is 39.4 Å². The average Bonchev–Trinajstić information content (AvgIpc) is 2.67. The number of piperidine rings is 1. The Morgan fingerprint density at radius 1 is 1.29 bits per heavy atom. The maximum atomic E-state index is 12.4. The predicted molar refractivity (Wildman–Crippen MR) is 105 cm³/mol. The minimum Gasteiger partial charge on any atom is -0.462 e. The molecular formula is C20H29N3O5. The molecule has 1 aliphatic rings. The summed E-state index contributed by atoms with van der Waals surface area (Å²) >= 11 is 0. The molecule has 1 aromatic carbocycles. The van der Waals surface area contributed by atoms with Gasteiger partial charge in [-0.1, -0.05) is 6.92 Å². The molecule has 1 atom stereocenters. The topological polar surface area (TPSA) is 102 Å². The molecule has 1 amide bonds. The van der Waals surface area contributed by atoms with E-state index >= 15 is 0 Å². The first kappa shape index (κ1) is 21.8. The van der Waals surface area contributed by atoms with Gasteiger partial charge in [0, 0.05) is 30.8 Å². The zero-order chi connectivity index (χ0) is 20.5. The van der Waals surface area contributed by atoms with Gasteiger partial charge in [0.25, 0.3) is 11.6 Å². The molecule has 0 aliphatic carbocycles. The largest absolute Gasteiger partial charge is 0.462 e. The molecule has 0 spiro atoms. The van der Waals surface area contributed by atoms with Gasteiger partial charge in [-0.2, -0.15) is 0 Å². The normalized spacial score (nSPS) is 17.1. The lowest BCUT2D eigenvalue weighted by Crippen LogP contribution is -2.35. The van der Waals surface area contributed by atoms with Gasteiger partial charge in [0.2, 0.25) is 0 Å². The second kappa shape index (κ2) is 10.8. The number of benzene rings is 1. The molecule has 0 saturated carbocycles. The van der Waals surface area contributed by atoms with Gasteiger partial charge in [0.1, 0.15) is 0 Å². The van der Waals surface area contributed by atoms with E-state index in [1.165, 1.54) is 25.0 Å². The summed E-state index contributed by atoms with van der Waals surface area (Å²) in [7, 11) is 0. The Kier molecular flexibility index (Phi) is 8.38. The Morgan fingerprint density at radius 3 is 2.71 bits per heavy atom. The SMILES string of the molecule is CCOC(=O)c1cc(C(=O)NCCCCN2CCCC(C)C2)cc([N+](=O)[O-])c1.